The molecule has 0 saturated carbocycles. The number of amides is 3. The maximum Gasteiger partial charge on any atom is 0.408 e. The van der Waals surface area contributed by atoms with Gasteiger partial charge in [0, 0.05) is 50.6 Å². The number of likely N-dealkylation sites (N-methyl/N-ethyl adjacent to an activating group) is 1. The summed E-state index contributed by atoms with van der Waals surface area (Å²) < 4.78 is 7.49. The molecule has 3 aromatic rings. The standard InChI is InChI=1S/C28H34N4O4/c1-28(2,3)36-27(35)30-22(14-20-16-31(5)23-13-9-8-12-21(20)23)26(34)32-17-19-11-7-6-10-18(19)15-24(32)25(33)29-4/h6-13,16,22,24H,14-15,17H2,1-5H3,(H,29,33)(H,30,35)/t22-,24-/m0/s1. The van der Waals surface area contributed by atoms with E-state index in [-0.39, 0.29) is 24.8 Å². The van der Waals surface area contributed by atoms with Crippen molar-refractivity contribution in [3.8, 4) is 0 Å². The van der Waals surface area contributed by atoms with E-state index in [1.54, 1.807) is 32.7 Å². The van der Waals surface area contributed by atoms with E-state index < -0.39 is 23.8 Å². The smallest absolute Gasteiger partial charge is 0.408 e. The Kier molecular flexibility index (Phi) is 7.06. The minimum atomic E-state index is -0.914. The van der Waals surface area contributed by atoms with Crippen LogP contribution < -0.4 is 10.6 Å². The van der Waals surface area contributed by atoms with Crippen LogP contribution in [-0.4, -0.2) is 52.1 Å². The minimum absolute atomic E-state index is 0.237. The number of carbonyl (C=O) groups is 3. The Morgan fingerprint density at radius 3 is 2.42 bits per heavy atom. The predicted molar refractivity (Wildman–Crippen MR) is 138 cm³/mol. The van der Waals surface area contributed by atoms with Crippen molar-refractivity contribution in [3.63, 3.8) is 0 Å². The first-order chi connectivity index (χ1) is 17.1. The van der Waals surface area contributed by atoms with Crippen LogP contribution in [-0.2, 0) is 40.8 Å². The largest absolute Gasteiger partial charge is 0.444 e. The van der Waals surface area contributed by atoms with Gasteiger partial charge in [0.1, 0.15) is 17.7 Å². The number of rotatable bonds is 5. The number of ether oxygens (including phenoxy) is 1. The molecule has 3 amide bonds. The first-order valence-electron chi connectivity index (χ1n) is 12.2. The van der Waals surface area contributed by atoms with Crippen LogP contribution in [0.4, 0.5) is 4.79 Å². The third-order valence-electron chi connectivity index (χ3n) is 6.47. The summed E-state index contributed by atoms with van der Waals surface area (Å²) >= 11 is 0. The summed E-state index contributed by atoms with van der Waals surface area (Å²) in [6, 6.07) is 14.2. The van der Waals surface area contributed by atoms with Gasteiger partial charge in [-0.2, -0.15) is 0 Å². The van der Waals surface area contributed by atoms with Crippen LogP contribution in [0.5, 0.6) is 0 Å². The zero-order valence-electron chi connectivity index (χ0n) is 21.5. The third-order valence-corrected chi connectivity index (χ3v) is 6.47. The number of aromatic nitrogens is 1. The Bertz CT molecular complexity index is 1290. The van der Waals surface area contributed by atoms with Crippen LogP contribution in [0, 0.1) is 0 Å². The maximum absolute atomic E-state index is 14.1. The fraction of sp³-hybridized carbons (Fsp3) is 0.393. The van der Waals surface area contributed by atoms with E-state index in [2.05, 4.69) is 10.6 Å². The highest BCUT2D eigenvalue weighted by Gasteiger charge is 2.38. The number of aryl methyl sites for hydroxylation is 1. The molecule has 36 heavy (non-hydrogen) atoms. The number of carbonyl (C=O) groups excluding carboxylic acids is 3. The van der Waals surface area contributed by atoms with Gasteiger partial charge in [-0.15, -0.1) is 0 Å². The second-order valence-electron chi connectivity index (χ2n) is 10.3. The van der Waals surface area contributed by atoms with Gasteiger partial charge in [0.25, 0.3) is 0 Å². The van der Waals surface area contributed by atoms with Crippen molar-refractivity contribution < 1.29 is 19.1 Å². The van der Waals surface area contributed by atoms with Crippen molar-refractivity contribution >= 4 is 28.8 Å². The van der Waals surface area contributed by atoms with Gasteiger partial charge in [-0.25, -0.2) is 4.79 Å². The molecule has 1 aliphatic rings. The van der Waals surface area contributed by atoms with Gasteiger partial charge in [0.05, 0.1) is 0 Å². The molecule has 2 atom stereocenters. The number of hydrogen-bond donors (Lipinski definition) is 2. The molecule has 0 saturated heterocycles. The Labute approximate surface area is 211 Å². The second kappa shape index (κ2) is 10.0. The first kappa shape index (κ1) is 25.3. The van der Waals surface area contributed by atoms with Gasteiger partial charge >= 0.3 is 6.09 Å². The fourth-order valence-electron chi connectivity index (χ4n) is 4.81. The number of alkyl carbamates (subject to hydrolysis) is 1. The molecule has 0 unspecified atom stereocenters. The summed E-state index contributed by atoms with van der Waals surface area (Å²) in [5.74, 6) is -0.559. The monoisotopic (exact) mass is 490 g/mol. The highest BCUT2D eigenvalue weighted by Crippen LogP contribution is 2.26. The lowest BCUT2D eigenvalue weighted by atomic mass is 9.92. The molecule has 2 N–H and O–H groups in total. The fourth-order valence-corrected chi connectivity index (χ4v) is 4.81. The number of nitrogens with one attached hydrogen (secondary N) is 2. The molecule has 8 heteroatoms. The molecule has 4 rings (SSSR count). The minimum Gasteiger partial charge on any atom is -0.444 e. The lowest BCUT2D eigenvalue weighted by Gasteiger charge is -2.38. The number of hydrogen-bond acceptors (Lipinski definition) is 4. The normalized spacial score (nSPS) is 16.2. The average Bonchev–Trinajstić information content (AvgIpc) is 3.16. The zero-order chi connectivity index (χ0) is 26.0. The van der Waals surface area contributed by atoms with Crippen LogP contribution in [0.25, 0.3) is 10.9 Å². The Hall–Kier alpha value is -3.81. The first-order valence-corrected chi connectivity index (χ1v) is 12.2. The number of nitrogens with zero attached hydrogens (tertiary/aromatic N) is 2. The van der Waals surface area contributed by atoms with Gasteiger partial charge in [-0.1, -0.05) is 42.5 Å². The van der Waals surface area contributed by atoms with Gasteiger partial charge in [-0.05, 0) is 43.5 Å². The Morgan fingerprint density at radius 2 is 1.72 bits per heavy atom. The molecule has 8 nitrogen and oxygen atoms in total. The van der Waals surface area contributed by atoms with Crippen molar-refractivity contribution in [2.75, 3.05) is 7.05 Å². The van der Waals surface area contributed by atoms with Crippen molar-refractivity contribution in [1.29, 1.82) is 0 Å². The van der Waals surface area contributed by atoms with E-state index in [0.29, 0.717) is 6.42 Å². The van der Waals surface area contributed by atoms with Gasteiger partial charge < -0.3 is 24.8 Å². The number of benzene rings is 2. The van der Waals surface area contributed by atoms with E-state index in [1.807, 2.05) is 66.3 Å². The predicted octanol–water partition coefficient (Wildman–Crippen LogP) is 3.31. The molecule has 0 radical (unpaired) electrons. The van der Waals surface area contributed by atoms with Crippen molar-refractivity contribution in [3.05, 3.63) is 71.4 Å². The SMILES string of the molecule is CNC(=O)[C@@H]1Cc2ccccc2CN1C(=O)[C@H](Cc1cn(C)c2ccccc12)NC(=O)OC(C)(C)C. The highest BCUT2D eigenvalue weighted by atomic mass is 16.6. The molecule has 1 aliphatic heterocycles. The van der Waals surface area contributed by atoms with E-state index in [0.717, 1.165) is 27.6 Å². The Balaban J connectivity index is 1.69. The maximum atomic E-state index is 14.1. The van der Waals surface area contributed by atoms with Crippen molar-refractivity contribution in [2.24, 2.45) is 7.05 Å². The molecule has 0 bridgehead atoms. The van der Waals surface area contributed by atoms with Crippen molar-refractivity contribution in [2.45, 2.75) is 57.8 Å². The molecule has 190 valence electrons. The molecule has 0 spiro atoms. The Morgan fingerprint density at radius 1 is 1.06 bits per heavy atom. The summed E-state index contributed by atoms with van der Waals surface area (Å²) in [7, 11) is 3.52. The molecular formula is C28H34N4O4. The van der Waals surface area contributed by atoms with Gasteiger partial charge in [0.15, 0.2) is 0 Å². The van der Waals surface area contributed by atoms with Gasteiger partial charge in [-0.3, -0.25) is 9.59 Å². The molecule has 0 aliphatic carbocycles. The zero-order valence-corrected chi connectivity index (χ0v) is 21.5. The van der Waals surface area contributed by atoms with E-state index in [4.69, 9.17) is 4.74 Å². The summed E-state index contributed by atoms with van der Waals surface area (Å²) in [6.45, 7) is 5.61. The lowest BCUT2D eigenvalue weighted by molar-refractivity contribution is -0.143. The summed E-state index contributed by atoms with van der Waals surface area (Å²) in [6.07, 6.45) is 1.98. The topological polar surface area (TPSA) is 92.7 Å². The lowest BCUT2D eigenvalue weighted by Crippen LogP contribution is -2.58. The quantitative estimate of drug-likeness (QED) is 0.574. The molecule has 0 fully saturated rings. The molecule has 2 heterocycles. The highest BCUT2D eigenvalue weighted by molar-refractivity contribution is 5.93. The molecule has 2 aromatic carbocycles. The van der Waals surface area contributed by atoms with Crippen LogP contribution in [0.15, 0.2) is 54.7 Å². The van der Waals surface area contributed by atoms with E-state index in [9.17, 15) is 14.4 Å². The molecule has 1 aromatic heterocycles. The van der Waals surface area contributed by atoms with E-state index >= 15 is 0 Å². The summed E-state index contributed by atoms with van der Waals surface area (Å²) in [5, 5.41) is 6.50. The number of para-hydroxylation sites is 1. The average molecular weight is 491 g/mol. The number of fused-ring (bicyclic) bond motifs is 2. The van der Waals surface area contributed by atoms with Crippen LogP contribution >= 0.6 is 0 Å². The van der Waals surface area contributed by atoms with Crippen molar-refractivity contribution in [1.82, 2.24) is 20.1 Å². The van der Waals surface area contributed by atoms with Crippen LogP contribution in [0.2, 0.25) is 0 Å². The molecular weight excluding hydrogens is 456 g/mol. The van der Waals surface area contributed by atoms with Crippen LogP contribution in [0.1, 0.15) is 37.5 Å². The summed E-state index contributed by atoms with van der Waals surface area (Å²) in [5.41, 5.74) is 3.28. The van der Waals surface area contributed by atoms with Gasteiger partial charge in [0.2, 0.25) is 11.8 Å². The van der Waals surface area contributed by atoms with E-state index in [1.165, 1.54) is 0 Å². The van der Waals surface area contributed by atoms with Crippen LogP contribution in [0.3, 0.4) is 0 Å². The summed E-state index contributed by atoms with van der Waals surface area (Å²) in [4.78, 5) is 41.3. The third kappa shape index (κ3) is 5.37. The second-order valence-corrected chi connectivity index (χ2v) is 10.3.